The Bertz CT molecular complexity index is 1510. The van der Waals surface area contributed by atoms with Crippen LogP contribution in [0.25, 0.3) is 11.0 Å². The van der Waals surface area contributed by atoms with Gasteiger partial charge in [-0.3, -0.25) is 9.69 Å². The van der Waals surface area contributed by atoms with Crippen molar-refractivity contribution in [1.82, 2.24) is 19.8 Å². The number of ketones is 1. The summed E-state index contributed by atoms with van der Waals surface area (Å²) in [6, 6.07) is 13.2. The molecule has 2 N–H and O–H groups in total. The van der Waals surface area contributed by atoms with Crippen LogP contribution in [0.2, 0.25) is 0 Å². The van der Waals surface area contributed by atoms with Crippen molar-refractivity contribution in [2.75, 3.05) is 32.1 Å². The predicted octanol–water partition coefficient (Wildman–Crippen LogP) is 5.21. The molecule has 0 spiro atoms. The van der Waals surface area contributed by atoms with Crippen LogP contribution in [-0.4, -0.2) is 64.4 Å². The fourth-order valence-corrected chi connectivity index (χ4v) is 5.08. The number of pyridine rings is 1. The molecule has 1 aliphatic rings. The van der Waals surface area contributed by atoms with E-state index in [0.717, 1.165) is 31.6 Å². The van der Waals surface area contributed by atoms with Gasteiger partial charge in [0.1, 0.15) is 17.2 Å². The van der Waals surface area contributed by atoms with Gasteiger partial charge in [-0.15, -0.1) is 0 Å². The molecule has 10 heteroatoms. The molecular formula is C29H29F2N5O3. The van der Waals surface area contributed by atoms with Crippen LogP contribution in [0, 0.1) is 11.6 Å². The Hall–Kier alpha value is -4.31. The first-order chi connectivity index (χ1) is 18.9. The number of nitrogens with zero attached hydrogens (tertiary/aromatic N) is 3. The smallest absolute Gasteiger partial charge is 0.322 e. The molecule has 2 aromatic carbocycles. The summed E-state index contributed by atoms with van der Waals surface area (Å²) in [5, 5.41) is 2.93. The summed E-state index contributed by atoms with van der Waals surface area (Å²) in [5.41, 5.74) is 0.589. The maximum atomic E-state index is 15.6. The van der Waals surface area contributed by atoms with Gasteiger partial charge in [-0.2, -0.15) is 0 Å². The Labute approximate surface area is 224 Å². The van der Waals surface area contributed by atoms with E-state index in [4.69, 9.17) is 4.74 Å². The van der Waals surface area contributed by atoms with E-state index < -0.39 is 29.0 Å². The van der Waals surface area contributed by atoms with Crippen LogP contribution >= 0.6 is 0 Å². The maximum Gasteiger partial charge on any atom is 0.322 e. The van der Waals surface area contributed by atoms with Crippen molar-refractivity contribution in [3.8, 4) is 5.75 Å². The summed E-state index contributed by atoms with van der Waals surface area (Å²) in [6.45, 7) is 4.56. The zero-order chi connectivity index (χ0) is 27.5. The number of methoxy groups -OCH3 is 1. The number of likely N-dealkylation sites (tertiary alicyclic amines) is 1. The van der Waals surface area contributed by atoms with Crippen LogP contribution in [0.3, 0.4) is 0 Å². The Morgan fingerprint density at radius 3 is 2.74 bits per heavy atom. The van der Waals surface area contributed by atoms with Crippen LogP contribution in [0.15, 0.2) is 60.9 Å². The predicted molar refractivity (Wildman–Crippen MR) is 144 cm³/mol. The molecule has 1 aliphatic heterocycles. The van der Waals surface area contributed by atoms with Crippen molar-refractivity contribution in [3.63, 3.8) is 0 Å². The summed E-state index contributed by atoms with van der Waals surface area (Å²) >= 11 is 0. The second-order valence-electron chi connectivity index (χ2n) is 9.47. The van der Waals surface area contributed by atoms with Gasteiger partial charge >= 0.3 is 6.03 Å². The van der Waals surface area contributed by atoms with E-state index in [1.54, 1.807) is 11.0 Å². The topological polar surface area (TPSA) is 90.6 Å². The minimum Gasteiger partial charge on any atom is -0.495 e. The first-order valence-electron chi connectivity index (χ1n) is 12.8. The summed E-state index contributed by atoms with van der Waals surface area (Å²) in [5.74, 6) is -2.64. The van der Waals surface area contributed by atoms with Gasteiger partial charge in [-0.25, -0.2) is 18.6 Å². The normalized spacial score (nSPS) is 15.4. The molecule has 8 nitrogen and oxygen atoms in total. The summed E-state index contributed by atoms with van der Waals surface area (Å²) in [6.07, 6.45) is 3.60. The van der Waals surface area contributed by atoms with Gasteiger partial charge in [0.2, 0.25) is 5.78 Å². The van der Waals surface area contributed by atoms with Crippen LogP contribution < -0.4 is 10.1 Å². The number of aromatic nitrogens is 2. The Morgan fingerprint density at radius 2 is 2.00 bits per heavy atom. The highest BCUT2D eigenvalue weighted by molar-refractivity contribution is 6.16. The second kappa shape index (κ2) is 11.2. The number of H-pyrrole nitrogens is 1. The highest BCUT2D eigenvalue weighted by Gasteiger charge is 2.31. The highest BCUT2D eigenvalue weighted by atomic mass is 19.1. The number of benzene rings is 2. The van der Waals surface area contributed by atoms with Gasteiger partial charge in [-0.1, -0.05) is 30.3 Å². The third kappa shape index (κ3) is 5.33. The molecule has 1 unspecified atom stereocenters. The van der Waals surface area contributed by atoms with Gasteiger partial charge in [-0.05, 0) is 37.1 Å². The van der Waals surface area contributed by atoms with E-state index in [-0.39, 0.29) is 17.3 Å². The van der Waals surface area contributed by atoms with Crippen molar-refractivity contribution in [2.24, 2.45) is 0 Å². The first kappa shape index (κ1) is 26.3. The number of urea groups is 1. The molecule has 1 saturated heterocycles. The lowest BCUT2D eigenvalue weighted by atomic mass is 10.0. The molecule has 2 aromatic heterocycles. The molecule has 2 amide bonds. The van der Waals surface area contributed by atoms with E-state index in [9.17, 15) is 14.0 Å². The number of anilines is 1. The number of fused-ring (bicyclic) bond motifs is 1. The molecule has 3 heterocycles. The van der Waals surface area contributed by atoms with Crippen LogP contribution in [0.4, 0.5) is 19.3 Å². The number of carbonyl (C=O) groups is 2. The molecule has 0 saturated carbocycles. The SMILES string of the molecule is CCN(C(=O)Nc1ccc(F)c(C(=O)c2c[nH]c3ncc(OC)cc23)c1F)C1CCN(Cc2ccccc2)C1. The maximum absolute atomic E-state index is 15.6. The number of hydrogen-bond donors (Lipinski definition) is 2. The summed E-state index contributed by atoms with van der Waals surface area (Å²) in [7, 11) is 1.45. The molecule has 4 aromatic rings. The van der Waals surface area contributed by atoms with Crippen LogP contribution in [0.5, 0.6) is 5.75 Å². The number of amides is 2. The fourth-order valence-electron chi connectivity index (χ4n) is 5.08. The number of halogens is 2. The van der Waals surface area contributed by atoms with Gasteiger partial charge < -0.3 is 19.9 Å². The van der Waals surface area contributed by atoms with E-state index in [1.807, 2.05) is 25.1 Å². The number of likely N-dealkylation sites (N-methyl/N-ethyl adjacent to an activating group) is 1. The van der Waals surface area contributed by atoms with Crippen LogP contribution in [-0.2, 0) is 6.54 Å². The van der Waals surface area contributed by atoms with Crippen molar-refractivity contribution in [1.29, 1.82) is 0 Å². The first-order valence-corrected chi connectivity index (χ1v) is 12.8. The number of carbonyl (C=O) groups excluding carboxylic acids is 2. The largest absolute Gasteiger partial charge is 0.495 e. The zero-order valence-corrected chi connectivity index (χ0v) is 21.7. The van der Waals surface area contributed by atoms with Gasteiger partial charge in [0, 0.05) is 49.4 Å². The average molecular weight is 534 g/mol. The third-order valence-electron chi connectivity index (χ3n) is 7.08. The molecule has 39 heavy (non-hydrogen) atoms. The minimum absolute atomic E-state index is 0.0392. The molecule has 1 atom stereocenters. The number of rotatable bonds is 8. The van der Waals surface area contributed by atoms with E-state index in [2.05, 4.69) is 32.3 Å². The monoisotopic (exact) mass is 533 g/mol. The standard InChI is InChI=1S/C29H29F2N5O3/c1-3-36(19-11-12-35(17-19)16-18-7-5-4-6-8-18)29(38)34-24-10-9-23(30)25(26(24)31)27(37)22-15-33-28-21(22)13-20(39-2)14-32-28/h4-10,13-15,19H,3,11-12,16-17H2,1-2H3,(H,32,33)(H,34,38). The Morgan fingerprint density at radius 1 is 1.21 bits per heavy atom. The van der Waals surface area contributed by atoms with E-state index in [0.29, 0.717) is 29.9 Å². The van der Waals surface area contributed by atoms with Crippen LogP contribution in [0.1, 0.15) is 34.8 Å². The van der Waals surface area contributed by atoms with E-state index in [1.165, 1.54) is 25.1 Å². The van der Waals surface area contributed by atoms with Crippen molar-refractivity contribution < 1.29 is 23.1 Å². The van der Waals surface area contributed by atoms with Gasteiger partial charge in [0.25, 0.3) is 0 Å². The number of aromatic amines is 1. The Kier molecular flexibility index (Phi) is 7.56. The molecule has 0 aliphatic carbocycles. The van der Waals surface area contributed by atoms with E-state index >= 15 is 4.39 Å². The fraction of sp³-hybridized carbons (Fsp3) is 0.276. The molecular weight excluding hydrogens is 504 g/mol. The molecule has 0 bridgehead atoms. The molecule has 5 rings (SSSR count). The third-order valence-corrected chi connectivity index (χ3v) is 7.08. The lowest BCUT2D eigenvalue weighted by molar-refractivity contribution is 0.103. The van der Waals surface area contributed by atoms with Crippen molar-refractivity contribution in [3.05, 3.63) is 89.2 Å². The highest BCUT2D eigenvalue weighted by Crippen LogP contribution is 2.29. The molecule has 1 fully saturated rings. The minimum atomic E-state index is -1.13. The number of hydrogen-bond acceptors (Lipinski definition) is 5. The zero-order valence-electron chi connectivity index (χ0n) is 21.7. The average Bonchev–Trinajstić information content (AvgIpc) is 3.58. The molecule has 0 radical (unpaired) electrons. The Balaban J connectivity index is 1.34. The van der Waals surface area contributed by atoms with Crippen molar-refractivity contribution >= 4 is 28.5 Å². The quantitative estimate of drug-likeness (QED) is 0.304. The second-order valence-corrected chi connectivity index (χ2v) is 9.47. The van der Waals surface area contributed by atoms with Gasteiger partial charge in [0.05, 0.1) is 24.6 Å². The number of nitrogens with one attached hydrogen (secondary N) is 2. The van der Waals surface area contributed by atoms with Gasteiger partial charge in [0.15, 0.2) is 5.82 Å². The lowest BCUT2D eigenvalue weighted by Gasteiger charge is -2.28. The summed E-state index contributed by atoms with van der Waals surface area (Å²) < 4.78 is 35.5. The molecule has 202 valence electrons. The van der Waals surface area contributed by atoms with Crippen molar-refractivity contribution in [2.45, 2.75) is 25.9 Å². The lowest BCUT2D eigenvalue weighted by Crippen LogP contribution is -2.44. The number of ether oxygens (including phenoxy) is 1. The summed E-state index contributed by atoms with van der Waals surface area (Å²) in [4.78, 5) is 37.4.